The molecule has 10 heteroatoms. The first-order valence-corrected chi connectivity index (χ1v) is 7.23. The summed E-state index contributed by atoms with van der Waals surface area (Å²) < 4.78 is 23.4. The molecular formula is C15H19FN2O7. The molecule has 2 unspecified atom stereocenters. The molecule has 138 valence electrons. The fraction of sp³-hybridized carbons (Fsp3) is 0.467. The first-order valence-electron chi connectivity index (χ1n) is 7.23. The van der Waals surface area contributed by atoms with Crippen molar-refractivity contribution in [3.8, 4) is 5.75 Å². The lowest BCUT2D eigenvalue weighted by Crippen LogP contribution is -2.51. The Morgan fingerprint density at radius 2 is 1.96 bits per heavy atom. The zero-order chi connectivity index (χ0) is 19.4. The third-order valence-electron chi connectivity index (χ3n) is 2.84. The molecule has 0 aliphatic heterocycles. The molecule has 0 heterocycles. The van der Waals surface area contributed by atoms with E-state index in [1.807, 2.05) is 0 Å². The predicted molar refractivity (Wildman–Crippen MR) is 83.9 cm³/mol. The van der Waals surface area contributed by atoms with Gasteiger partial charge in [0.1, 0.15) is 17.5 Å². The summed E-state index contributed by atoms with van der Waals surface area (Å²) in [6, 6.07) is 1.06. The molecule has 0 saturated carbocycles. The molecule has 1 aromatic rings. The van der Waals surface area contributed by atoms with E-state index in [1.54, 1.807) is 20.8 Å². The Labute approximate surface area is 142 Å². The Balaban J connectivity index is 2.95. The number of alkyl carbamates (subject to hydrolysis) is 1. The summed E-state index contributed by atoms with van der Waals surface area (Å²) in [5.74, 6) is -2.59. The van der Waals surface area contributed by atoms with Crippen LogP contribution in [-0.4, -0.2) is 39.8 Å². The molecule has 2 N–H and O–H groups in total. The molecule has 0 fully saturated rings. The fourth-order valence-corrected chi connectivity index (χ4v) is 1.82. The Hall–Kier alpha value is -2.91. The van der Waals surface area contributed by atoms with Crippen molar-refractivity contribution in [2.75, 3.05) is 0 Å². The molecule has 1 amide bonds. The van der Waals surface area contributed by atoms with Crippen LogP contribution >= 0.6 is 0 Å². The Kier molecular flexibility index (Phi) is 6.26. The molecule has 2 atom stereocenters. The number of carboxylic acids is 1. The van der Waals surface area contributed by atoms with Crippen LogP contribution in [0.3, 0.4) is 0 Å². The number of hydrogen-bond acceptors (Lipinski definition) is 6. The highest BCUT2D eigenvalue weighted by Crippen LogP contribution is 2.28. The largest absolute Gasteiger partial charge is 0.481 e. The van der Waals surface area contributed by atoms with Crippen molar-refractivity contribution in [2.45, 2.75) is 45.4 Å². The van der Waals surface area contributed by atoms with Crippen LogP contribution in [0.25, 0.3) is 0 Å². The lowest BCUT2D eigenvalue weighted by atomic mass is 10.1. The van der Waals surface area contributed by atoms with Gasteiger partial charge in [-0.3, -0.25) is 10.1 Å². The summed E-state index contributed by atoms with van der Waals surface area (Å²) in [5.41, 5.74) is -1.50. The third kappa shape index (κ3) is 6.24. The van der Waals surface area contributed by atoms with Gasteiger partial charge >= 0.3 is 17.7 Å². The molecule has 1 aromatic carbocycles. The van der Waals surface area contributed by atoms with Gasteiger partial charge in [0, 0.05) is 0 Å². The monoisotopic (exact) mass is 358 g/mol. The van der Waals surface area contributed by atoms with E-state index >= 15 is 0 Å². The van der Waals surface area contributed by atoms with Crippen molar-refractivity contribution < 1.29 is 33.5 Å². The maximum atomic E-state index is 13.1. The summed E-state index contributed by atoms with van der Waals surface area (Å²) in [4.78, 5) is 33.2. The van der Waals surface area contributed by atoms with Crippen LogP contribution in [-0.2, 0) is 9.53 Å². The molecule has 0 bridgehead atoms. The number of nitrogens with zero attached hydrogens (tertiary/aromatic N) is 1. The van der Waals surface area contributed by atoms with Crippen LogP contribution in [0.1, 0.15) is 27.7 Å². The van der Waals surface area contributed by atoms with Gasteiger partial charge in [-0.25, -0.2) is 14.0 Å². The predicted octanol–water partition coefficient (Wildman–Crippen LogP) is 2.48. The number of carbonyl (C=O) groups excluding carboxylic acids is 1. The minimum atomic E-state index is -1.54. The first kappa shape index (κ1) is 20.1. The van der Waals surface area contributed by atoms with Crippen molar-refractivity contribution >= 4 is 17.7 Å². The van der Waals surface area contributed by atoms with Gasteiger partial charge in [-0.1, -0.05) is 0 Å². The molecule has 0 saturated heterocycles. The number of rotatable bonds is 6. The van der Waals surface area contributed by atoms with Gasteiger partial charge < -0.3 is 19.9 Å². The summed E-state index contributed by atoms with van der Waals surface area (Å²) >= 11 is 0. The van der Waals surface area contributed by atoms with Crippen LogP contribution in [0.15, 0.2) is 18.2 Å². The van der Waals surface area contributed by atoms with Gasteiger partial charge in [0.2, 0.25) is 0 Å². The molecule has 0 spiro atoms. The summed E-state index contributed by atoms with van der Waals surface area (Å²) in [5, 5.41) is 22.3. The van der Waals surface area contributed by atoms with Crippen molar-refractivity contribution in [3.63, 3.8) is 0 Å². The van der Waals surface area contributed by atoms with E-state index < -0.39 is 46.2 Å². The van der Waals surface area contributed by atoms with Crippen LogP contribution in [0, 0.1) is 15.9 Å². The zero-order valence-electron chi connectivity index (χ0n) is 14.1. The highest BCUT2D eigenvalue weighted by Gasteiger charge is 2.31. The SMILES string of the molecule is CC(Oc1ccc(F)cc1[N+](=O)[O-])C(NC(=O)OC(C)(C)C)C(=O)O. The van der Waals surface area contributed by atoms with E-state index in [0.29, 0.717) is 6.07 Å². The Morgan fingerprint density at radius 1 is 1.36 bits per heavy atom. The van der Waals surface area contributed by atoms with Gasteiger partial charge in [0.15, 0.2) is 11.8 Å². The average molecular weight is 358 g/mol. The number of nitro groups is 1. The average Bonchev–Trinajstić information content (AvgIpc) is 2.44. The highest BCUT2D eigenvalue weighted by atomic mass is 19.1. The van der Waals surface area contributed by atoms with Gasteiger partial charge in [-0.2, -0.15) is 0 Å². The van der Waals surface area contributed by atoms with E-state index in [0.717, 1.165) is 12.1 Å². The maximum Gasteiger partial charge on any atom is 0.408 e. The van der Waals surface area contributed by atoms with Crippen molar-refractivity contribution in [1.29, 1.82) is 0 Å². The first-order chi connectivity index (χ1) is 11.4. The number of hydrogen-bond donors (Lipinski definition) is 2. The molecule has 9 nitrogen and oxygen atoms in total. The second-order valence-electron chi connectivity index (χ2n) is 6.15. The van der Waals surface area contributed by atoms with Gasteiger partial charge in [-0.05, 0) is 39.8 Å². The molecule has 1 rings (SSSR count). The number of benzene rings is 1. The smallest absolute Gasteiger partial charge is 0.408 e. The minimum absolute atomic E-state index is 0.323. The Morgan fingerprint density at radius 3 is 2.44 bits per heavy atom. The van der Waals surface area contributed by atoms with E-state index in [4.69, 9.17) is 9.47 Å². The quantitative estimate of drug-likeness (QED) is 0.590. The molecule has 25 heavy (non-hydrogen) atoms. The molecular weight excluding hydrogens is 339 g/mol. The summed E-state index contributed by atoms with van der Waals surface area (Å²) in [6.07, 6.45) is -2.18. The topological polar surface area (TPSA) is 128 Å². The summed E-state index contributed by atoms with van der Waals surface area (Å²) in [6.45, 7) is 6.10. The lowest BCUT2D eigenvalue weighted by molar-refractivity contribution is -0.386. The number of carboxylic acid groups (broad SMARTS) is 1. The normalized spacial score (nSPS) is 13.5. The summed E-state index contributed by atoms with van der Waals surface area (Å²) in [7, 11) is 0. The van der Waals surface area contributed by atoms with Crippen LogP contribution in [0.4, 0.5) is 14.9 Å². The Bertz CT molecular complexity index is 672. The molecule has 0 radical (unpaired) electrons. The number of halogens is 1. The van der Waals surface area contributed by atoms with Gasteiger partial charge in [-0.15, -0.1) is 0 Å². The molecule has 0 aliphatic rings. The van der Waals surface area contributed by atoms with E-state index in [-0.39, 0.29) is 5.75 Å². The maximum absolute atomic E-state index is 13.1. The lowest BCUT2D eigenvalue weighted by Gasteiger charge is -2.25. The van der Waals surface area contributed by atoms with Crippen molar-refractivity contribution in [3.05, 3.63) is 34.1 Å². The fourth-order valence-electron chi connectivity index (χ4n) is 1.82. The second-order valence-corrected chi connectivity index (χ2v) is 6.15. The molecule has 0 aromatic heterocycles. The standard InChI is InChI=1S/C15H19FN2O7/c1-8(12(13(19)20)17-14(21)25-15(2,3)4)24-11-6-5-9(16)7-10(11)18(22)23/h5-8,12H,1-4H3,(H,17,21)(H,19,20). The van der Waals surface area contributed by atoms with Crippen LogP contribution < -0.4 is 10.1 Å². The number of ether oxygens (including phenoxy) is 2. The molecule has 0 aliphatic carbocycles. The van der Waals surface area contributed by atoms with Crippen LogP contribution in [0.5, 0.6) is 5.75 Å². The number of amides is 1. The van der Waals surface area contributed by atoms with E-state index in [1.165, 1.54) is 6.92 Å². The van der Waals surface area contributed by atoms with Crippen LogP contribution in [0.2, 0.25) is 0 Å². The van der Waals surface area contributed by atoms with E-state index in [2.05, 4.69) is 5.32 Å². The van der Waals surface area contributed by atoms with Gasteiger partial charge in [0.25, 0.3) is 0 Å². The van der Waals surface area contributed by atoms with Gasteiger partial charge in [0.05, 0.1) is 11.0 Å². The number of aliphatic carboxylic acids is 1. The second kappa shape index (κ2) is 7.77. The van der Waals surface area contributed by atoms with Crippen molar-refractivity contribution in [1.82, 2.24) is 5.32 Å². The third-order valence-corrected chi connectivity index (χ3v) is 2.84. The number of nitro benzene ring substituents is 1. The number of carbonyl (C=O) groups is 2. The van der Waals surface area contributed by atoms with Crippen molar-refractivity contribution in [2.24, 2.45) is 0 Å². The van der Waals surface area contributed by atoms with E-state index in [9.17, 15) is 29.2 Å². The highest BCUT2D eigenvalue weighted by molar-refractivity contribution is 5.80. The number of nitrogens with one attached hydrogen (secondary N) is 1. The zero-order valence-corrected chi connectivity index (χ0v) is 14.1. The minimum Gasteiger partial charge on any atom is -0.481 e.